The molecule has 0 spiro atoms. The predicted octanol–water partition coefficient (Wildman–Crippen LogP) is 8.19. The van der Waals surface area contributed by atoms with Crippen molar-refractivity contribution in [1.82, 2.24) is 0 Å². The summed E-state index contributed by atoms with van der Waals surface area (Å²) < 4.78 is 76.2. The second-order valence-electron chi connectivity index (χ2n) is 9.01. The van der Waals surface area contributed by atoms with E-state index in [1.807, 2.05) is 42.5 Å². The molecule has 0 atom stereocenters. The quantitative estimate of drug-likeness (QED) is 0.145. The van der Waals surface area contributed by atoms with Crippen molar-refractivity contribution in [3.05, 3.63) is 119 Å². The fourth-order valence-corrected chi connectivity index (χ4v) is 4.19. The van der Waals surface area contributed by atoms with Gasteiger partial charge >= 0.3 is 6.18 Å². The minimum atomic E-state index is -4.55. The maximum atomic E-state index is 15.2. The standard InChI is InChI=1S/C31H27F5O2/c1-2-17-37-26-13-6-21(7-14-26)3-4-22-8-15-27-25(18-22)12-11-24(30(27)33)10-5-23-9-16-29(28(32)19-23)38-20-31(34,35)36/h2,6-9,11-16,18-19H,1,3-5,10,17,20H2. The van der Waals surface area contributed by atoms with Gasteiger partial charge in [-0.1, -0.05) is 61.2 Å². The Labute approximate surface area is 218 Å². The Bertz CT molecular complexity index is 1390. The van der Waals surface area contributed by atoms with Crippen molar-refractivity contribution in [2.45, 2.75) is 31.9 Å². The average Bonchev–Trinajstić information content (AvgIpc) is 2.90. The largest absolute Gasteiger partial charge is 0.490 e. The van der Waals surface area contributed by atoms with Gasteiger partial charge in [0.1, 0.15) is 18.2 Å². The molecule has 0 amide bonds. The van der Waals surface area contributed by atoms with Crippen molar-refractivity contribution in [2.75, 3.05) is 13.2 Å². The van der Waals surface area contributed by atoms with E-state index in [0.29, 0.717) is 36.0 Å². The lowest BCUT2D eigenvalue weighted by Crippen LogP contribution is -2.19. The van der Waals surface area contributed by atoms with E-state index < -0.39 is 24.3 Å². The van der Waals surface area contributed by atoms with E-state index in [2.05, 4.69) is 11.3 Å². The average molecular weight is 527 g/mol. The van der Waals surface area contributed by atoms with Gasteiger partial charge in [-0.25, -0.2) is 8.78 Å². The summed E-state index contributed by atoms with van der Waals surface area (Å²) >= 11 is 0. The van der Waals surface area contributed by atoms with E-state index in [4.69, 9.17) is 4.74 Å². The Morgan fingerprint density at radius 3 is 2.08 bits per heavy atom. The van der Waals surface area contributed by atoms with E-state index in [9.17, 15) is 17.6 Å². The minimum Gasteiger partial charge on any atom is -0.490 e. The number of rotatable bonds is 11. The lowest BCUT2D eigenvalue weighted by atomic mass is 9.97. The van der Waals surface area contributed by atoms with Crippen molar-refractivity contribution in [2.24, 2.45) is 0 Å². The summed E-state index contributed by atoms with van der Waals surface area (Å²) in [6.45, 7) is 2.53. The van der Waals surface area contributed by atoms with E-state index in [1.165, 1.54) is 17.7 Å². The maximum absolute atomic E-state index is 15.2. The molecule has 7 heteroatoms. The van der Waals surface area contributed by atoms with Gasteiger partial charge in [-0.15, -0.1) is 0 Å². The molecule has 0 aliphatic carbocycles. The molecular weight excluding hydrogens is 499 g/mol. The molecule has 0 fully saturated rings. The van der Waals surface area contributed by atoms with Crippen LogP contribution in [-0.4, -0.2) is 19.4 Å². The van der Waals surface area contributed by atoms with Crippen LogP contribution in [-0.2, 0) is 25.7 Å². The first kappa shape index (κ1) is 27.2. The molecule has 2 nitrogen and oxygen atoms in total. The molecular formula is C31H27F5O2. The highest BCUT2D eigenvalue weighted by molar-refractivity contribution is 5.84. The normalized spacial score (nSPS) is 11.5. The summed E-state index contributed by atoms with van der Waals surface area (Å²) in [6, 6.07) is 21.0. The van der Waals surface area contributed by atoms with Crippen LogP contribution >= 0.6 is 0 Å². The van der Waals surface area contributed by atoms with Crippen molar-refractivity contribution in [1.29, 1.82) is 0 Å². The summed E-state index contributed by atoms with van der Waals surface area (Å²) in [5.41, 5.74) is 3.30. The summed E-state index contributed by atoms with van der Waals surface area (Å²) in [7, 11) is 0. The fraction of sp³-hybridized carbons (Fsp3) is 0.226. The second-order valence-corrected chi connectivity index (χ2v) is 9.01. The monoisotopic (exact) mass is 526 g/mol. The van der Waals surface area contributed by atoms with Crippen LogP contribution in [0, 0.1) is 11.6 Å². The third-order valence-corrected chi connectivity index (χ3v) is 6.16. The van der Waals surface area contributed by atoms with Gasteiger partial charge in [0.25, 0.3) is 0 Å². The Morgan fingerprint density at radius 2 is 1.37 bits per heavy atom. The summed E-state index contributed by atoms with van der Waals surface area (Å²) in [5.74, 6) is -0.874. The molecule has 4 aromatic rings. The highest BCUT2D eigenvalue weighted by Gasteiger charge is 2.29. The van der Waals surface area contributed by atoms with Crippen LogP contribution in [0.2, 0.25) is 0 Å². The molecule has 0 aliphatic heterocycles. The third kappa shape index (κ3) is 7.34. The summed E-state index contributed by atoms with van der Waals surface area (Å²) in [5, 5.41) is 1.31. The van der Waals surface area contributed by atoms with Crippen LogP contribution in [0.25, 0.3) is 10.8 Å². The number of hydrogen-bond acceptors (Lipinski definition) is 2. The summed E-state index contributed by atoms with van der Waals surface area (Å²) in [6.07, 6.45) is -0.562. The molecule has 198 valence electrons. The summed E-state index contributed by atoms with van der Waals surface area (Å²) in [4.78, 5) is 0. The van der Waals surface area contributed by atoms with Crippen LogP contribution in [0.15, 0.2) is 85.5 Å². The zero-order valence-corrected chi connectivity index (χ0v) is 20.7. The van der Waals surface area contributed by atoms with E-state index in [0.717, 1.165) is 35.6 Å². The zero-order valence-electron chi connectivity index (χ0n) is 20.7. The van der Waals surface area contributed by atoms with E-state index in [-0.39, 0.29) is 5.82 Å². The molecule has 4 aromatic carbocycles. The van der Waals surface area contributed by atoms with E-state index in [1.54, 1.807) is 18.2 Å². The van der Waals surface area contributed by atoms with Crippen LogP contribution in [0.1, 0.15) is 22.3 Å². The van der Waals surface area contributed by atoms with Gasteiger partial charge in [0.05, 0.1) is 0 Å². The maximum Gasteiger partial charge on any atom is 0.422 e. The van der Waals surface area contributed by atoms with Gasteiger partial charge in [0.15, 0.2) is 18.2 Å². The molecule has 0 unspecified atom stereocenters. The number of aryl methyl sites for hydroxylation is 4. The minimum absolute atomic E-state index is 0.318. The van der Waals surface area contributed by atoms with Crippen LogP contribution < -0.4 is 9.47 Å². The van der Waals surface area contributed by atoms with Crippen LogP contribution in [0.3, 0.4) is 0 Å². The number of fused-ring (bicyclic) bond motifs is 1. The smallest absolute Gasteiger partial charge is 0.422 e. The lowest BCUT2D eigenvalue weighted by molar-refractivity contribution is -0.153. The number of ether oxygens (including phenoxy) is 2. The molecule has 0 N–H and O–H groups in total. The molecule has 0 aliphatic rings. The van der Waals surface area contributed by atoms with Gasteiger partial charge in [0, 0.05) is 5.39 Å². The molecule has 38 heavy (non-hydrogen) atoms. The number of hydrogen-bond donors (Lipinski definition) is 0. The Balaban J connectivity index is 1.37. The Kier molecular flexibility index (Phi) is 8.66. The first-order chi connectivity index (χ1) is 18.2. The van der Waals surface area contributed by atoms with E-state index >= 15 is 4.39 Å². The topological polar surface area (TPSA) is 18.5 Å². The van der Waals surface area contributed by atoms with Gasteiger partial charge in [-0.2, -0.15) is 13.2 Å². The number of alkyl halides is 3. The molecule has 4 rings (SSSR count). The SMILES string of the molecule is C=CCOc1ccc(CCc2ccc3c(F)c(CCc4ccc(OCC(F)(F)F)c(F)c4)ccc3c2)cc1. The highest BCUT2D eigenvalue weighted by atomic mass is 19.4. The predicted molar refractivity (Wildman–Crippen MR) is 139 cm³/mol. The van der Waals surface area contributed by atoms with Gasteiger partial charge in [0.2, 0.25) is 0 Å². The van der Waals surface area contributed by atoms with Crippen molar-refractivity contribution in [3.8, 4) is 11.5 Å². The lowest BCUT2D eigenvalue weighted by Gasteiger charge is -2.11. The van der Waals surface area contributed by atoms with Crippen LogP contribution in [0.5, 0.6) is 11.5 Å². The number of halogens is 5. The molecule has 0 saturated carbocycles. The number of benzene rings is 4. The van der Waals surface area contributed by atoms with Gasteiger partial charge in [-0.05, 0) is 77.6 Å². The van der Waals surface area contributed by atoms with Gasteiger partial charge < -0.3 is 9.47 Å². The van der Waals surface area contributed by atoms with Crippen molar-refractivity contribution >= 4 is 10.8 Å². The molecule has 0 saturated heterocycles. The fourth-order valence-electron chi connectivity index (χ4n) is 4.19. The van der Waals surface area contributed by atoms with Gasteiger partial charge in [-0.3, -0.25) is 0 Å². The Hall–Kier alpha value is -3.87. The highest BCUT2D eigenvalue weighted by Crippen LogP contribution is 2.26. The molecule has 0 heterocycles. The Morgan fingerprint density at radius 1 is 0.711 bits per heavy atom. The van der Waals surface area contributed by atoms with Crippen molar-refractivity contribution < 1.29 is 31.4 Å². The third-order valence-electron chi connectivity index (χ3n) is 6.16. The molecule has 0 radical (unpaired) electrons. The first-order valence-electron chi connectivity index (χ1n) is 12.2. The van der Waals surface area contributed by atoms with Crippen LogP contribution in [0.4, 0.5) is 22.0 Å². The zero-order chi connectivity index (χ0) is 27.1. The van der Waals surface area contributed by atoms with Crippen molar-refractivity contribution in [3.63, 3.8) is 0 Å². The molecule has 0 bridgehead atoms. The second kappa shape index (κ2) is 12.1. The first-order valence-corrected chi connectivity index (χ1v) is 12.2. The molecule has 0 aromatic heterocycles.